The SMILES string of the molecule is COS(=O)Oc1ccccc1Cc1cnc(N)nc1N. The minimum absolute atomic E-state index is 0.122. The number of rotatable bonds is 5. The first-order valence-corrected chi connectivity index (χ1v) is 6.69. The zero-order valence-electron chi connectivity index (χ0n) is 10.8. The van der Waals surface area contributed by atoms with Crippen LogP contribution in [0, 0.1) is 0 Å². The van der Waals surface area contributed by atoms with Crippen LogP contribution in [0.4, 0.5) is 11.8 Å². The second-order valence-electron chi connectivity index (χ2n) is 3.88. The van der Waals surface area contributed by atoms with Crippen molar-refractivity contribution < 1.29 is 12.6 Å². The fourth-order valence-electron chi connectivity index (χ4n) is 1.61. The number of nitrogens with zero attached hydrogens (tertiary/aromatic N) is 2. The normalized spacial score (nSPS) is 12.1. The first kappa shape index (κ1) is 14.2. The van der Waals surface area contributed by atoms with E-state index in [0.29, 0.717) is 23.6 Å². The lowest BCUT2D eigenvalue weighted by molar-refractivity contribution is 0.382. The minimum atomic E-state index is -1.84. The van der Waals surface area contributed by atoms with E-state index in [2.05, 4.69) is 14.2 Å². The molecule has 0 radical (unpaired) electrons. The van der Waals surface area contributed by atoms with Crippen LogP contribution in [0.2, 0.25) is 0 Å². The summed E-state index contributed by atoms with van der Waals surface area (Å²) in [6, 6.07) is 7.14. The van der Waals surface area contributed by atoms with Crippen LogP contribution in [0.3, 0.4) is 0 Å². The zero-order chi connectivity index (χ0) is 14.5. The van der Waals surface area contributed by atoms with Crippen LogP contribution in [0.1, 0.15) is 11.1 Å². The zero-order valence-corrected chi connectivity index (χ0v) is 11.6. The Balaban J connectivity index is 2.26. The molecule has 1 aromatic carbocycles. The van der Waals surface area contributed by atoms with E-state index in [4.69, 9.17) is 15.7 Å². The molecule has 0 fully saturated rings. The second-order valence-corrected chi connectivity index (χ2v) is 4.79. The van der Waals surface area contributed by atoms with E-state index in [1.165, 1.54) is 7.11 Å². The first-order valence-electron chi connectivity index (χ1n) is 5.69. The van der Waals surface area contributed by atoms with Gasteiger partial charge in [-0.05, 0) is 6.07 Å². The van der Waals surface area contributed by atoms with Crippen molar-refractivity contribution in [3.63, 3.8) is 0 Å². The third-order valence-electron chi connectivity index (χ3n) is 2.56. The van der Waals surface area contributed by atoms with E-state index in [-0.39, 0.29) is 5.95 Å². The van der Waals surface area contributed by atoms with Gasteiger partial charge in [-0.25, -0.2) is 4.98 Å². The van der Waals surface area contributed by atoms with Crippen LogP contribution >= 0.6 is 0 Å². The molecular weight excluding hydrogens is 280 g/mol. The summed E-state index contributed by atoms with van der Waals surface area (Å²) in [5.74, 6) is 0.875. The Bertz CT molecular complexity index is 636. The van der Waals surface area contributed by atoms with Gasteiger partial charge < -0.3 is 15.7 Å². The summed E-state index contributed by atoms with van der Waals surface area (Å²) in [7, 11) is 1.30. The van der Waals surface area contributed by atoms with Gasteiger partial charge >= 0.3 is 11.4 Å². The predicted molar refractivity (Wildman–Crippen MR) is 75.9 cm³/mol. The highest BCUT2D eigenvalue weighted by atomic mass is 32.2. The average molecular weight is 294 g/mol. The van der Waals surface area contributed by atoms with Gasteiger partial charge in [0.25, 0.3) is 0 Å². The van der Waals surface area contributed by atoms with Gasteiger partial charge in [0.15, 0.2) is 0 Å². The molecule has 2 rings (SSSR count). The molecule has 106 valence electrons. The fourth-order valence-corrected chi connectivity index (χ4v) is 1.99. The first-order chi connectivity index (χ1) is 9.60. The van der Waals surface area contributed by atoms with E-state index >= 15 is 0 Å². The Morgan fingerprint density at radius 1 is 1.25 bits per heavy atom. The molecule has 20 heavy (non-hydrogen) atoms. The van der Waals surface area contributed by atoms with Crippen LogP contribution in [0.15, 0.2) is 30.5 Å². The van der Waals surface area contributed by atoms with Crippen LogP contribution in [-0.2, 0) is 22.0 Å². The molecule has 8 heteroatoms. The van der Waals surface area contributed by atoms with Gasteiger partial charge in [-0.15, -0.1) is 0 Å². The van der Waals surface area contributed by atoms with Gasteiger partial charge in [-0.1, -0.05) is 18.2 Å². The quantitative estimate of drug-likeness (QED) is 0.839. The maximum Gasteiger partial charge on any atom is 0.359 e. The molecule has 0 aliphatic heterocycles. The Kier molecular flexibility index (Phi) is 4.49. The summed E-state index contributed by atoms with van der Waals surface area (Å²) in [6.07, 6.45) is 1.99. The number of anilines is 2. The van der Waals surface area contributed by atoms with E-state index < -0.39 is 11.4 Å². The maximum atomic E-state index is 11.3. The number of benzene rings is 1. The Morgan fingerprint density at radius 3 is 2.70 bits per heavy atom. The van der Waals surface area contributed by atoms with Gasteiger partial charge in [-0.2, -0.15) is 9.19 Å². The van der Waals surface area contributed by atoms with Crippen molar-refractivity contribution in [2.75, 3.05) is 18.6 Å². The molecule has 1 heterocycles. The van der Waals surface area contributed by atoms with Crippen molar-refractivity contribution in [2.24, 2.45) is 0 Å². The Morgan fingerprint density at radius 2 is 2.00 bits per heavy atom. The van der Waals surface area contributed by atoms with Gasteiger partial charge in [0, 0.05) is 23.7 Å². The Labute approximate surface area is 118 Å². The lowest BCUT2D eigenvalue weighted by Crippen LogP contribution is -2.06. The Hall–Kier alpha value is -2.19. The van der Waals surface area contributed by atoms with E-state index in [1.807, 2.05) is 12.1 Å². The topological polar surface area (TPSA) is 113 Å². The van der Waals surface area contributed by atoms with E-state index in [1.54, 1.807) is 18.3 Å². The van der Waals surface area contributed by atoms with Gasteiger partial charge in [0.2, 0.25) is 5.95 Å². The number of nitrogens with two attached hydrogens (primary N) is 2. The molecule has 0 aliphatic rings. The number of nitrogen functional groups attached to an aromatic ring is 2. The fraction of sp³-hybridized carbons (Fsp3) is 0.167. The van der Waals surface area contributed by atoms with Crippen LogP contribution in [-0.4, -0.2) is 21.3 Å². The second kappa shape index (κ2) is 6.31. The smallest absolute Gasteiger partial charge is 0.359 e. The summed E-state index contributed by atoms with van der Waals surface area (Å²) in [5.41, 5.74) is 12.7. The van der Waals surface area contributed by atoms with Crippen molar-refractivity contribution in [2.45, 2.75) is 6.42 Å². The van der Waals surface area contributed by atoms with Gasteiger partial charge in [0.05, 0.1) is 7.11 Å². The molecule has 1 aromatic heterocycles. The summed E-state index contributed by atoms with van der Waals surface area (Å²) in [5, 5.41) is 0. The van der Waals surface area contributed by atoms with Crippen molar-refractivity contribution in [1.29, 1.82) is 0 Å². The molecule has 0 saturated carbocycles. The summed E-state index contributed by atoms with van der Waals surface area (Å²) < 4.78 is 21.1. The molecule has 0 amide bonds. The minimum Gasteiger partial charge on any atom is -0.383 e. The molecular formula is C12H14N4O3S. The van der Waals surface area contributed by atoms with E-state index in [0.717, 1.165) is 5.56 Å². The van der Waals surface area contributed by atoms with Crippen LogP contribution in [0.5, 0.6) is 5.75 Å². The maximum absolute atomic E-state index is 11.3. The van der Waals surface area contributed by atoms with Crippen molar-refractivity contribution in [3.8, 4) is 5.75 Å². The highest BCUT2D eigenvalue weighted by molar-refractivity contribution is 7.75. The predicted octanol–water partition coefficient (Wildman–Crippen LogP) is 0.836. The molecule has 0 bridgehead atoms. The third kappa shape index (κ3) is 3.43. The largest absolute Gasteiger partial charge is 0.383 e. The molecule has 2 aromatic rings. The molecule has 0 spiro atoms. The lowest BCUT2D eigenvalue weighted by Gasteiger charge is -2.10. The summed E-state index contributed by atoms with van der Waals surface area (Å²) >= 11 is -1.84. The molecule has 1 unspecified atom stereocenters. The molecule has 0 aliphatic carbocycles. The van der Waals surface area contributed by atoms with Crippen molar-refractivity contribution in [1.82, 2.24) is 9.97 Å². The molecule has 7 nitrogen and oxygen atoms in total. The standard InChI is InChI=1S/C12H14N4O3S/c1-18-20(17)19-10-5-3-2-4-8(10)6-9-7-15-12(14)16-11(9)13/h2-5,7H,6H2,1H3,(H4,13,14,15,16). The van der Waals surface area contributed by atoms with Crippen molar-refractivity contribution >= 4 is 23.1 Å². The molecule has 1 atom stereocenters. The summed E-state index contributed by atoms with van der Waals surface area (Å²) in [6.45, 7) is 0. The monoisotopic (exact) mass is 294 g/mol. The van der Waals surface area contributed by atoms with Crippen LogP contribution < -0.4 is 15.7 Å². The molecule has 4 N–H and O–H groups in total. The van der Waals surface area contributed by atoms with Gasteiger partial charge in [-0.3, -0.25) is 4.18 Å². The number of aromatic nitrogens is 2. The highest BCUT2D eigenvalue weighted by Gasteiger charge is 2.10. The highest BCUT2D eigenvalue weighted by Crippen LogP contribution is 2.24. The van der Waals surface area contributed by atoms with Crippen molar-refractivity contribution in [3.05, 3.63) is 41.6 Å². The van der Waals surface area contributed by atoms with Crippen LogP contribution in [0.25, 0.3) is 0 Å². The summed E-state index contributed by atoms with van der Waals surface area (Å²) in [4.78, 5) is 7.80. The van der Waals surface area contributed by atoms with Gasteiger partial charge in [0.1, 0.15) is 11.6 Å². The molecule has 0 saturated heterocycles. The number of hydrogen-bond acceptors (Lipinski definition) is 7. The van der Waals surface area contributed by atoms with E-state index in [9.17, 15) is 4.21 Å². The lowest BCUT2D eigenvalue weighted by atomic mass is 10.1. The number of para-hydroxylation sites is 1. The third-order valence-corrected chi connectivity index (χ3v) is 3.15. The average Bonchev–Trinajstić information content (AvgIpc) is 2.43. The number of hydrogen-bond donors (Lipinski definition) is 2.